The van der Waals surface area contributed by atoms with Crippen LogP contribution in [-0.2, 0) is 11.1 Å². The summed E-state index contributed by atoms with van der Waals surface area (Å²) in [6.07, 6.45) is 0. The second kappa shape index (κ2) is 3.50. The fourth-order valence-corrected chi connectivity index (χ4v) is 1.11. The molecule has 60 valence electrons. The van der Waals surface area contributed by atoms with E-state index in [9.17, 15) is 4.21 Å². The Hall–Kier alpha value is -0.870. The van der Waals surface area contributed by atoms with Gasteiger partial charge in [-0.25, -0.2) is 4.21 Å². The quantitative estimate of drug-likeness (QED) is 0.659. The zero-order valence-electron chi connectivity index (χ0n) is 6.07. The Kier molecular flexibility index (Phi) is 2.62. The fraction of sp³-hybridized carbons (Fsp3) is 0.143. The van der Waals surface area contributed by atoms with Crippen molar-refractivity contribution in [2.75, 3.05) is 12.4 Å². The predicted molar refractivity (Wildman–Crippen MR) is 45.0 cm³/mol. The molecule has 1 rings (SSSR count). The molecular weight excluding hydrogens is 162 g/mol. The van der Waals surface area contributed by atoms with Crippen LogP contribution in [0.1, 0.15) is 0 Å². The molecular formula is C7H9NO2S. The molecule has 0 spiro atoms. The summed E-state index contributed by atoms with van der Waals surface area (Å²) in [6.45, 7) is 0. The van der Waals surface area contributed by atoms with Gasteiger partial charge in [0, 0.05) is 12.7 Å². The highest BCUT2D eigenvalue weighted by molar-refractivity contribution is 7.79. The van der Waals surface area contributed by atoms with E-state index in [-0.39, 0.29) is 0 Å². The maximum absolute atomic E-state index is 10.5. The van der Waals surface area contributed by atoms with Crippen molar-refractivity contribution in [1.29, 1.82) is 0 Å². The van der Waals surface area contributed by atoms with Crippen molar-refractivity contribution in [1.82, 2.24) is 0 Å². The van der Waals surface area contributed by atoms with Gasteiger partial charge in [-0.2, -0.15) is 0 Å². The Balaban J connectivity index is 2.91. The molecule has 1 atom stereocenters. The summed E-state index contributed by atoms with van der Waals surface area (Å²) in [5.74, 6) is 0. The second-order valence-electron chi connectivity index (χ2n) is 2.02. The molecule has 3 nitrogen and oxygen atoms in total. The maximum Gasteiger partial charge on any atom is 0.186 e. The number of rotatable bonds is 2. The Labute approximate surface area is 67.7 Å². The molecule has 11 heavy (non-hydrogen) atoms. The Morgan fingerprint density at radius 3 is 2.27 bits per heavy atom. The number of hydrogen-bond acceptors (Lipinski definition) is 2. The lowest BCUT2D eigenvalue weighted by Gasteiger charge is -1.98. The summed E-state index contributed by atoms with van der Waals surface area (Å²) in [4.78, 5) is 0.420. The second-order valence-corrected chi connectivity index (χ2v) is 2.99. The number of anilines is 1. The largest absolute Gasteiger partial charge is 0.388 e. The minimum Gasteiger partial charge on any atom is -0.388 e. The molecule has 4 heteroatoms. The highest BCUT2D eigenvalue weighted by Crippen LogP contribution is 2.10. The molecule has 1 aromatic rings. The van der Waals surface area contributed by atoms with Crippen LogP contribution in [0.2, 0.25) is 0 Å². The minimum absolute atomic E-state index is 0.420. The lowest BCUT2D eigenvalue weighted by Crippen LogP contribution is -1.90. The van der Waals surface area contributed by atoms with Crippen LogP contribution in [0.15, 0.2) is 29.2 Å². The topological polar surface area (TPSA) is 49.3 Å². The van der Waals surface area contributed by atoms with Crippen LogP contribution >= 0.6 is 0 Å². The molecule has 0 saturated heterocycles. The monoisotopic (exact) mass is 171 g/mol. The highest BCUT2D eigenvalue weighted by Gasteiger charge is 1.96. The third kappa shape index (κ3) is 2.03. The van der Waals surface area contributed by atoms with Crippen molar-refractivity contribution in [3.8, 4) is 0 Å². The lowest BCUT2D eigenvalue weighted by molar-refractivity contribution is 0.564. The molecule has 0 aliphatic rings. The molecule has 0 radical (unpaired) electrons. The molecule has 0 heterocycles. The normalized spacial score (nSPS) is 12.5. The van der Waals surface area contributed by atoms with Gasteiger partial charge in [0.2, 0.25) is 0 Å². The van der Waals surface area contributed by atoms with Crippen LogP contribution in [-0.4, -0.2) is 15.8 Å². The van der Waals surface area contributed by atoms with Crippen molar-refractivity contribution in [2.45, 2.75) is 4.90 Å². The Bertz CT molecular complexity index is 258. The summed E-state index contributed by atoms with van der Waals surface area (Å²) in [5.41, 5.74) is 0.930. The van der Waals surface area contributed by atoms with Gasteiger partial charge in [0.25, 0.3) is 0 Å². The van der Waals surface area contributed by atoms with E-state index in [4.69, 9.17) is 4.55 Å². The van der Waals surface area contributed by atoms with Gasteiger partial charge < -0.3 is 9.87 Å². The predicted octanol–water partition coefficient (Wildman–Crippen LogP) is 1.31. The zero-order valence-corrected chi connectivity index (χ0v) is 6.89. The molecule has 0 amide bonds. The molecule has 0 saturated carbocycles. The SMILES string of the molecule is CNc1ccc(S(=O)O)cc1. The molecule has 1 unspecified atom stereocenters. The van der Waals surface area contributed by atoms with Gasteiger partial charge in [-0.1, -0.05) is 0 Å². The van der Waals surface area contributed by atoms with Crippen LogP contribution in [0, 0.1) is 0 Å². The van der Waals surface area contributed by atoms with E-state index in [2.05, 4.69) is 5.32 Å². The van der Waals surface area contributed by atoms with Crippen molar-refractivity contribution in [3.05, 3.63) is 24.3 Å². The number of hydrogen-bond donors (Lipinski definition) is 2. The van der Waals surface area contributed by atoms with Crippen LogP contribution < -0.4 is 5.32 Å². The standard InChI is InChI=1S/C7H9NO2S/c1-8-6-2-4-7(5-3-6)11(9)10/h2-5,8H,1H3,(H,9,10). The Morgan fingerprint density at radius 2 is 1.91 bits per heavy atom. The third-order valence-electron chi connectivity index (χ3n) is 1.34. The summed E-state index contributed by atoms with van der Waals surface area (Å²) in [5, 5.41) is 2.91. The first kappa shape index (κ1) is 8.23. The molecule has 2 N–H and O–H groups in total. The highest BCUT2D eigenvalue weighted by atomic mass is 32.2. The average molecular weight is 171 g/mol. The summed E-state index contributed by atoms with van der Waals surface area (Å²) in [6, 6.07) is 6.73. The van der Waals surface area contributed by atoms with Crippen LogP contribution in [0.3, 0.4) is 0 Å². The fourth-order valence-electron chi connectivity index (χ4n) is 0.738. The van der Waals surface area contributed by atoms with Crippen molar-refractivity contribution in [2.24, 2.45) is 0 Å². The van der Waals surface area contributed by atoms with E-state index in [1.807, 2.05) is 0 Å². The van der Waals surface area contributed by atoms with Gasteiger partial charge in [-0.15, -0.1) is 0 Å². The van der Waals surface area contributed by atoms with Gasteiger partial charge in [-0.3, -0.25) is 0 Å². The molecule has 0 fully saturated rings. The Morgan fingerprint density at radius 1 is 1.36 bits per heavy atom. The summed E-state index contributed by atoms with van der Waals surface area (Å²) < 4.78 is 19.1. The third-order valence-corrected chi connectivity index (χ3v) is 2.02. The maximum atomic E-state index is 10.5. The van der Waals surface area contributed by atoms with Gasteiger partial charge in [-0.05, 0) is 24.3 Å². The number of benzene rings is 1. The molecule has 1 aromatic carbocycles. The van der Waals surface area contributed by atoms with E-state index in [1.165, 1.54) is 0 Å². The average Bonchev–Trinajstić information content (AvgIpc) is 2.05. The summed E-state index contributed by atoms with van der Waals surface area (Å²) in [7, 11) is 1.80. The van der Waals surface area contributed by atoms with Gasteiger partial charge in [0.15, 0.2) is 11.1 Å². The van der Waals surface area contributed by atoms with Crippen molar-refractivity contribution < 1.29 is 8.76 Å². The van der Waals surface area contributed by atoms with Crippen molar-refractivity contribution in [3.63, 3.8) is 0 Å². The van der Waals surface area contributed by atoms with E-state index < -0.39 is 11.1 Å². The van der Waals surface area contributed by atoms with E-state index in [0.717, 1.165) is 5.69 Å². The molecule has 0 aliphatic carbocycles. The van der Waals surface area contributed by atoms with Gasteiger partial charge in [0.1, 0.15) is 0 Å². The lowest BCUT2D eigenvalue weighted by atomic mass is 10.3. The minimum atomic E-state index is -1.87. The first-order valence-corrected chi connectivity index (χ1v) is 4.23. The van der Waals surface area contributed by atoms with E-state index >= 15 is 0 Å². The first-order valence-electron chi connectivity index (χ1n) is 3.12. The molecule has 0 aromatic heterocycles. The summed E-state index contributed by atoms with van der Waals surface area (Å²) >= 11 is -1.87. The first-order chi connectivity index (χ1) is 5.24. The van der Waals surface area contributed by atoms with Gasteiger partial charge in [0.05, 0.1) is 4.90 Å². The molecule has 0 bridgehead atoms. The van der Waals surface area contributed by atoms with E-state index in [1.54, 1.807) is 31.3 Å². The molecule has 0 aliphatic heterocycles. The van der Waals surface area contributed by atoms with Crippen LogP contribution in [0.5, 0.6) is 0 Å². The van der Waals surface area contributed by atoms with E-state index in [0.29, 0.717) is 4.90 Å². The number of nitrogens with one attached hydrogen (secondary N) is 1. The van der Waals surface area contributed by atoms with Crippen molar-refractivity contribution >= 4 is 16.8 Å². The van der Waals surface area contributed by atoms with Crippen LogP contribution in [0.4, 0.5) is 5.69 Å². The van der Waals surface area contributed by atoms with Gasteiger partial charge >= 0.3 is 0 Å². The van der Waals surface area contributed by atoms with Crippen LogP contribution in [0.25, 0.3) is 0 Å². The smallest absolute Gasteiger partial charge is 0.186 e. The zero-order chi connectivity index (χ0) is 8.27.